The lowest BCUT2D eigenvalue weighted by Crippen LogP contribution is -2.36. The Kier molecular flexibility index (Phi) is 12.2. The summed E-state index contributed by atoms with van der Waals surface area (Å²) >= 11 is 0. The van der Waals surface area contributed by atoms with Gasteiger partial charge in [0.2, 0.25) is 11.8 Å². The molecule has 4 N–H and O–H groups in total. The number of carbonyl (C=O) groups excluding carboxylic acids is 2. The molecule has 0 atom stereocenters. The van der Waals surface area contributed by atoms with E-state index in [2.05, 4.69) is 15.5 Å². The van der Waals surface area contributed by atoms with Crippen LogP contribution in [0.25, 0.3) is 0 Å². The molecule has 142 valence electrons. The maximum absolute atomic E-state index is 11.7. The van der Waals surface area contributed by atoms with Crippen LogP contribution in [-0.4, -0.2) is 42.9 Å². The van der Waals surface area contributed by atoms with Crippen LogP contribution in [0.15, 0.2) is 24.3 Å². The third kappa shape index (κ3) is 9.07. The molecule has 2 rings (SSSR count). The average Bonchev–Trinajstić information content (AvgIpc) is 2.83. The standard InChI is InChI=1S/C17H26N4O2.2ClH/c18-11-16(22)19-12-17(23)20-15-7-5-14(6-8-15)13-21-9-3-1-2-4-10-21;;/h5-8H,1-4,9-13,18H2,(H,19,22)(H,20,23);2*1H. The van der Waals surface area contributed by atoms with Gasteiger partial charge in [0.1, 0.15) is 0 Å². The van der Waals surface area contributed by atoms with Gasteiger partial charge in [0, 0.05) is 12.2 Å². The Bertz CT molecular complexity index is 518. The Hall–Kier alpha value is -1.34. The van der Waals surface area contributed by atoms with E-state index in [1.165, 1.54) is 44.3 Å². The number of nitrogens with zero attached hydrogens (tertiary/aromatic N) is 1. The zero-order valence-corrected chi connectivity index (χ0v) is 16.0. The lowest BCUT2D eigenvalue weighted by atomic mass is 10.2. The first-order chi connectivity index (χ1) is 11.2. The molecule has 0 unspecified atom stereocenters. The van der Waals surface area contributed by atoms with Gasteiger partial charge in [-0.15, -0.1) is 24.8 Å². The lowest BCUT2D eigenvalue weighted by molar-refractivity contribution is -0.123. The van der Waals surface area contributed by atoms with E-state index in [1.54, 1.807) is 0 Å². The quantitative estimate of drug-likeness (QED) is 0.692. The van der Waals surface area contributed by atoms with Gasteiger partial charge in [0.05, 0.1) is 13.1 Å². The van der Waals surface area contributed by atoms with E-state index in [9.17, 15) is 9.59 Å². The molecule has 1 fully saturated rings. The number of anilines is 1. The molecular weight excluding hydrogens is 363 g/mol. The lowest BCUT2D eigenvalue weighted by Gasteiger charge is -2.19. The van der Waals surface area contributed by atoms with Crippen molar-refractivity contribution in [2.75, 3.05) is 31.5 Å². The molecule has 0 radical (unpaired) electrons. The van der Waals surface area contributed by atoms with Gasteiger partial charge in [0.15, 0.2) is 0 Å². The summed E-state index contributed by atoms with van der Waals surface area (Å²) in [4.78, 5) is 25.2. The minimum absolute atomic E-state index is 0. The fraction of sp³-hybridized carbons (Fsp3) is 0.529. The van der Waals surface area contributed by atoms with E-state index in [4.69, 9.17) is 5.73 Å². The maximum Gasteiger partial charge on any atom is 0.243 e. The van der Waals surface area contributed by atoms with Gasteiger partial charge >= 0.3 is 0 Å². The van der Waals surface area contributed by atoms with E-state index in [0.717, 1.165) is 12.2 Å². The molecule has 6 nitrogen and oxygen atoms in total. The fourth-order valence-corrected chi connectivity index (χ4v) is 2.70. The predicted octanol–water partition coefficient (Wildman–Crippen LogP) is 1.92. The van der Waals surface area contributed by atoms with Crippen LogP contribution in [0.3, 0.4) is 0 Å². The minimum atomic E-state index is -0.340. The predicted molar refractivity (Wildman–Crippen MR) is 105 cm³/mol. The van der Waals surface area contributed by atoms with Gasteiger partial charge in [-0.25, -0.2) is 0 Å². The van der Waals surface area contributed by atoms with Crippen molar-refractivity contribution in [2.24, 2.45) is 5.73 Å². The Morgan fingerprint density at radius 1 is 0.960 bits per heavy atom. The van der Waals surface area contributed by atoms with Crippen LogP contribution < -0.4 is 16.4 Å². The Labute approximate surface area is 161 Å². The van der Waals surface area contributed by atoms with Crippen molar-refractivity contribution in [1.82, 2.24) is 10.2 Å². The van der Waals surface area contributed by atoms with Gasteiger partial charge in [-0.2, -0.15) is 0 Å². The minimum Gasteiger partial charge on any atom is -0.346 e. The number of hydrogen-bond acceptors (Lipinski definition) is 4. The summed E-state index contributed by atoms with van der Waals surface area (Å²) in [5, 5.41) is 5.20. The summed E-state index contributed by atoms with van der Waals surface area (Å²) < 4.78 is 0. The third-order valence-electron chi connectivity index (χ3n) is 3.97. The number of nitrogens with two attached hydrogens (primary N) is 1. The fourth-order valence-electron chi connectivity index (χ4n) is 2.70. The van der Waals surface area contributed by atoms with Crippen LogP contribution in [0, 0.1) is 0 Å². The second-order valence-corrected chi connectivity index (χ2v) is 5.92. The van der Waals surface area contributed by atoms with Crippen LogP contribution in [0.1, 0.15) is 31.2 Å². The first kappa shape index (κ1) is 23.7. The Morgan fingerprint density at radius 2 is 1.56 bits per heavy atom. The van der Waals surface area contributed by atoms with E-state index in [1.807, 2.05) is 24.3 Å². The van der Waals surface area contributed by atoms with Gasteiger partial charge in [-0.05, 0) is 43.6 Å². The van der Waals surface area contributed by atoms with Crippen molar-refractivity contribution >= 4 is 42.3 Å². The van der Waals surface area contributed by atoms with E-state index < -0.39 is 0 Å². The normalized spacial score (nSPS) is 14.4. The molecule has 8 heteroatoms. The van der Waals surface area contributed by atoms with Crippen molar-refractivity contribution in [3.05, 3.63) is 29.8 Å². The molecule has 1 aliphatic rings. The number of nitrogens with one attached hydrogen (secondary N) is 2. The molecule has 25 heavy (non-hydrogen) atoms. The zero-order chi connectivity index (χ0) is 16.5. The topological polar surface area (TPSA) is 87.5 Å². The van der Waals surface area contributed by atoms with Crippen LogP contribution in [0.4, 0.5) is 5.69 Å². The largest absolute Gasteiger partial charge is 0.346 e. The second kappa shape index (κ2) is 12.9. The summed E-state index contributed by atoms with van der Waals surface area (Å²) in [5.41, 5.74) is 7.15. The summed E-state index contributed by atoms with van der Waals surface area (Å²) in [6.07, 6.45) is 5.23. The van der Waals surface area contributed by atoms with Crippen molar-refractivity contribution in [1.29, 1.82) is 0 Å². The van der Waals surface area contributed by atoms with Gasteiger partial charge < -0.3 is 16.4 Å². The first-order valence-corrected chi connectivity index (χ1v) is 8.25. The van der Waals surface area contributed by atoms with Gasteiger partial charge in [0.25, 0.3) is 0 Å². The smallest absolute Gasteiger partial charge is 0.243 e. The molecule has 1 aromatic rings. The average molecular weight is 391 g/mol. The zero-order valence-electron chi connectivity index (χ0n) is 14.3. The second-order valence-electron chi connectivity index (χ2n) is 5.92. The molecule has 2 amide bonds. The van der Waals surface area contributed by atoms with Crippen molar-refractivity contribution < 1.29 is 9.59 Å². The summed E-state index contributed by atoms with van der Waals surface area (Å²) in [6, 6.07) is 7.88. The Balaban J connectivity index is 0.00000288. The number of hydrogen-bond donors (Lipinski definition) is 3. The number of benzene rings is 1. The number of rotatable bonds is 6. The highest BCUT2D eigenvalue weighted by Gasteiger charge is 2.09. The highest BCUT2D eigenvalue weighted by Crippen LogP contribution is 2.15. The van der Waals surface area contributed by atoms with Gasteiger partial charge in [-0.1, -0.05) is 25.0 Å². The highest BCUT2D eigenvalue weighted by atomic mass is 35.5. The summed E-state index contributed by atoms with van der Waals surface area (Å²) in [6.45, 7) is 3.11. The molecule has 0 spiro atoms. The SMILES string of the molecule is Cl.Cl.NCC(=O)NCC(=O)Nc1ccc(CN2CCCCCC2)cc1. The van der Waals surface area contributed by atoms with Crippen LogP contribution >= 0.6 is 24.8 Å². The molecule has 0 saturated carbocycles. The molecule has 0 aromatic heterocycles. The number of amides is 2. The van der Waals surface area contributed by atoms with E-state index >= 15 is 0 Å². The molecule has 1 aromatic carbocycles. The number of halogens is 2. The maximum atomic E-state index is 11.7. The van der Waals surface area contributed by atoms with Crippen molar-refractivity contribution in [2.45, 2.75) is 32.2 Å². The third-order valence-corrected chi connectivity index (χ3v) is 3.97. The Morgan fingerprint density at radius 3 is 2.12 bits per heavy atom. The molecule has 1 heterocycles. The monoisotopic (exact) mass is 390 g/mol. The van der Waals surface area contributed by atoms with E-state index in [0.29, 0.717) is 0 Å². The number of likely N-dealkylation sites (tertiary alicyclic amines) is 1. The summed E-state index contributed by atoms with van der Waals surface area (Å²) in [5.74, 6) is -0.597. The van der Waals surface area contributed by atoms with E-state index in [-0.39, 0.29) is 49.7 Å². The van der Waals surface area contributed by atoms with Crippen molar-refractivity contribution in [3.63, 3.8) is 0 Å². The van der Waals surface area contributed by atoms with Crippen LogP contribution in [0.5, 0.6) is 0 Å². The molecule has 0 aliphatic carbocycles. The van der Waals surface area contributed by atoms with Crippen LogP contribution in [-0.2, 0) is 16.1 Å². The molecular formula is C17H28Cl2N4O2. The summed E-state index contributed by atoms with van der Waals surface area (Å²) in [7, 11) is 0. The molecule has 1 saturated heterocycles. The molecule has 0 bridgehead atoms. The molecule has 1 aliphatic heterocycles. The number of carbonyl (C=O) groups is 2. The first-order valence-electron chi connectivity index (χ1n) is 8.25. The van der Waals surface area contributed by atoms with Crippen LogP contribution in [0.2, 0.25) is 0 Å². The van der Waals surface area contributed by atoms with Crippen molar-refractivity contribution in [3.8, 4) is 0 Å². The highest BCUT2D eigenvalue weighted by molar-refractivity contribution is 5.94. The van der Waals surface area contributed by atoms with Gasteiger partial charge in [-0.3, -0.25) is 14.5 Å².